The van der Waals surface area contributed by atoms with Crippen LogP contribution in [0.4, 0.5) is 0 Å². The van der Waals surface area contributed by atoms with E-state index in [4.69, 9.17) is 0 Å². The molecule has 0 heterocycles. The summed E-state index contributed by atoms with van der Waals surface area (Å²) < 4.78 is 0. The average Bonchev–Trinajstić information content (AvgIpc) is 2.17. The molecule has 0 radical (unpaired) electrons. The van der Waals surface area contributed by atoms with Crippen molar-refractivity contribution in [2.24, 2.45) is 4.99 Å². The van der Waals surface area contributed by atoms with Gasteiger partial charge in [0.05, 0.1) is 6.04 Å². The van der Waals surface area contributed by atoms with Gasteiger partial charge in [-0.25, -0.2) is 0 Å². The van der Waals surface area contributed by atoms with Crippen LogP contribution in [0.1, 0.15) is 13.3 Å². The fraction of sp³-hybridized carbons (Fsp3) is 0.364. The van der Waals surface area contributed by atoms with Crippen molar-refractivity contribution in [1.82, 2.24) is 0 Å². The minimum atomic E-state index is 0.266. The molecule has 1 atom stereocenters. The minimum absolute atomic E-state index is 0.266. The van der Waals surface area contributed by atoms with Gasteiger partial charge in [0.1, 0.15) is 0 Å². The summed E-state index contributed by atoms with van der Waals surface area (Å²) in [6.45, 7) is 5.69. The van der Waals surface area contributed by atoms with Crippen LogP contribution in [-0.2, 0) is 0 Å². The monoisotopic (exact) mass is 195 g/mol. The Morgan fingerprint density at radius 1 is 1.46 bits per heavy atom. The fourth-order valence-electron chi connectivity index (χ4n) is 0.794. The Morgan fingerprint density at radius 2 is 2.23 bits per heavy atom. The van der Waals surface area contributed by atoms with Gasteiger partial charge in [0.2, 0.25) is 0 Å². The highest BCUT2D eigenvalue weighted by Gasteiger charge is 1.93. The second-order valence-corrected chi connectivity index (χ2v) is 2.87. The maximum absolute atomic E-state index is 4.28. The predicted molar refractivity (Wildman–Crippen MR) is 64.9 cm³/mol. The van der Waals surface area contributed by atoms with E-state index in [-0.39, 0.29) is 6.04 Å². The Hall–Kier alpha value is -0.760. The summed E-state index contributed by atoms with van der Waals surface area (Å²) in [4.78, 5) is 4.28. The molecule has 0 aromatic heterocycles. The molecule has 0 aliphatic carbocycles. The van der Waals surface area contributed by atoms with E-state index in [0.29, 0.717) is 0 Å². The molecule has 0 N–H and O–H groups in total. The van der Waals surface area contributed by atoms with Crippen LogP contribution in [0.3, 0.4) is 0 Å². The van der Waals surface area contributed by atoms with E-state index < -0.39 is 0 Å². The Bertz CT molecular complexity index is 204. The maximum atomic E-state index is 4.28. The Balaban J connectivity index is 3.96. The largest absolute Gasteiger partial charge is 0.286 e. The molecule has 0 amide bonds. The molecular formula is C11H17NS. The Morgan fingerprint density at radius 3 is 2.77 bits per heavy atom. The maximum Gasteiger partial charge on any atom is 0.0680 e. The van der Waals surface area contributed by atoms with Crippen LogP contribution in [0, 0.1) is 0 Å². The smallest absolute Gasteiger partial charge is 0.0680 e. The lowest BCUT2D eigenvalue weighted by Gasteiger charge is -2.00. The highest BCUT2D eigenvalue weighted by atomic mass is 32.1. The second-order valence-electron chi connectivity index (χ2n) is 2.51. The first-order valence-electron chi connectivity index (χ1n) is 4.43. The summed E-state index contributed by atoms with van der Waals surface area (Å²) in [6.07, 6.45) is 12.5. The van der Waals surface area contributed by atoms with Crippen LogP contribution in [0.25, 0.3) is 0 Å². The third-order valence-electron chi connectivity index (χ3n) is 1.49. The van der Waals surface area contributed by atoms with Crippen molar-refractivity contribution in [3.8, 4) is 0 Å². The van der Waals surface area contributed by atoms with E-state index in [1.165, 1.54) is 0 Å². The van der Waals surface area contributed by atoms with Crippen molar-refractivity contribution in [3.05, 3.63) is 37.0 Å². The van der Waals surface area contributed by atoms with Gasteiger partial charge >= 0.3 is 0 Å². The van der Waals surface area contributed by atoms with Crippen molar-refractivity contribution in [2.75, 3.05) is 5.75 Å². The highest BCUT2D eigenvalue weighted by molar-refractivity contribution is 7.80. The molecule has 0 fully saturated rings. The van der Waals surface area contributed by atoms with E-state index in [9.17, 15) is 0 Å². The lowest BCUT2D eigenvalue weighted by Crippen LogP contribution is -1.96. The third kappa shape index (κ3) is 7.60. The molecule has 0 bridgehead atoms. The summed E-state index contributed by atoms with van der Waals surface area (Å²) >= 11 is 4.06. The first-order chi connectivity index (χ1) is 6.35. The second kappa shape index (κ2) is 9.33. The van der Waals surface area contributed by atoms with E-state index in [2.05, 4.69) is 37.2 Å². The zero-order valence-corrected chi connectivity index (χ0v) is 8.95. The van der Waals surface area contributed by atoms with Gasteiger partial charge in [-0.3, -0.25) is 4.99 Å². The van der Waals surface area contributed by atoms with Gasteiger partial charge in [-0.1, -0.05) is 43.9 Å². The topological polar surface area (TPSA) is 12.4 Å². The zero-order valence-electron chi connectivity index (χ0n) is 8.06. The van der Waals surface area contributed by atoms with Crippen LogP contribution in [0.2, 0.25) is 0 Å². The number of rotatable bonds is 6. The summed E-state index contributed by atoms with van der Waals surface area (Å²) in [7, 11) is 0. The molecule has 2 heteroatoms. The van der Waals surface area contributed by atoms with E-state index in [1.54, 1.807) is 12.3 Å². The molecule has 0 aromatic rings. The number of aliphatic imine (C=N–C) groups is 1. The van der Waals surface area contributed by atoms with Gasteiger partial charge in [-0.05, 0) is 6.42 Å². The highest BCUT2D eigenvalue weighted by Crippen LogP contribution is 1.98. The molecule has 1 unspecified atom stereocenters. The molecule has 0 rings (SSSR count). The summed E-state index contributed by atoms with van der Waals surface area (Å²) in [6, 6.07) is 0.266. The number of hydrogen-bond donors (Lipinski definition) is 1. The van der Waals surface area contributed by atoms with Crippen LogP contribution >= 0.6 is 12.6 Å². The van der Waals surface area contributed by atoms with Crippen LogP contribution in [0.15, 0.2) is 42.0 Å². The summed E-state index contributed by atoms with van der Waals surface area (Å²) in [5, 5.41) is 0. The SMILES string of the molecule is C=C/C=N\C(/C=C\C=C/CS)CC. The standard InChI is InChI=1S/C11H17NS/c1-3-9-12-11(4-2)8-6-5-7-10-13/h3,5-9,11,13H,1,4,10H2,2H3/b7-5-,8-6-,12-9-. The molecule has 0 saturated heterocycles. The van der Waals surface area contributed by atoms with E-state index >= 15 is 0 Å². The molecule has 0 spiro atoms. The van der Waals surface area contributed by atoms with Gasteiger partial charge in [0.15, 0.2) is 0 Å². The summed E-state index contributed by atoms with van der Waals surface area (Å²) in [5.74, 6) is 0.775. The van der Waals surface area contributed by atoms with Crippen molar-refractivity contribution in [3.63, 3.8) is 0 Å². The molecule has 0 saturated carbocycles. The Kier molecular flexibility index (Phi) is 8.78. The van der Waals surface area contributed by atoms with Crippen LogP contribution in [0.5, 0.6) is 0 Å². The normalized spacial score (nSPS) is 14.6. The molecule has 0 aliphatic rings. The molecular weight excluding hydrogens is 178 g/mol. The van der Waals surface area contributed by atoms with Crippen molar-refractivity contribution < 1.29 is 0 Å². The Labute approximate surface area is 86.4 Å². The molecule has 13 heavy (non-hydrogen) atoms. The number of allylic oxidation sites excluding steroid dienone is 3. The van der Waals surface area contributed by atoms with Crippen LogP contribution in [-0.4, -0.2) is 18.0 Å². The first kappa shape index (κ1) is 12.2. The van der Waals surface area contributed by atoms with Crippen molar-refractivity contribution in [1.29, 1.82) is 0 Å². The predicted octanol–water partition coefficient (Wildman–Crippen LogP) is 3.06. The van der Waals surface area contributed by atoms with Gasteiger partial charge < -0.3 is 0 Å². The average molecular weight is 195 g/mol. The minimum Gasteiger partial charge on any atom is -0.286 e. The molecule has 1 nitrogen and oxygen atoms in total. The van der Waals surface area contributed by atoms with Gasteiger partial charge in [0.25, 0.3) is 0 Å². The fourth-order valence-corrected chi connectivity index (χ4v) is 0.916. The number of hydrogen-bond acceptors (Lipinski definition) is 2. The van der Waals surface area contributed by atoms with E-state index in [0.717, 1.165) is 12.2 Å². The number of thiol groups is 1. The lowest BCUT2D eigenvalue weighted by molar-refractivity contribution is 0.788. The summed E-state index contributed by atoms with van der Waals surface area (Å²) in [5.41, 5.74) is 0. The van der Waals surface area contributed by atoms with E-state index in [1.807, 2.05) is 18.2 Å². The van der Waals surface area contributed by atoms with Gasteiger partial charge in [-0.2, -0.15) is 12.6 Å². The first-order valence-corrected chi connectivity index (χ1v) is 5.06. The zero-order chi connectivity index (χ0) is 9.94. The van der Waals surface area contributed by atoms with Crippen LogP contribution < -0.4 is 0 Å². The third-order valence-corrected chi connectivity index (χ3v) is 1.70. The van der Waals surface area contributed by atoms with Gasteiger partial charge in [-0.15, -0.1) is 0 Å². The van der Waals surface area contributed by atoms with Crippen molar-refractivity contribution >= 4 is 18.8 Å². The molecule has 0 aromatic carbocycles. The quantitative estimate of drug-likeness (QED) is 0.380. The lowest BCUT2D eigenvalue weighted by atomic mass is 10.2. The molecule has 72 valence electrons. The van der Waals surface area contributed by atoms with Gasteiger partial charge in [0, 0.05) is 12.0 Å². The van der Waals surface area contributed by atoms with Crippen molar-refractivity contribution in [2.45, 2.75) is 19.4 Å². The molecule has 0 aliphatic heterocycles. The number of nitrogens with zero attached hydrogens (tertiary/aromatic N) is 1.